The van der Waals surface area contributed by atoms with Crippen molar-refractivity contribution in [3.05, 3.63) is 47.9 Å². The Kier molecular flexibility index (Phi) is 2.33. The van der Waals surface area contributed by atoms with Crippen molar-refractivity contribution in [3.63, 3.8) is 0 Å². The highest BCUT2D eigenvalue weighted by Crippen LogP contribution is 2.15. The molecule has 0 spiro atoms. The minimum Gasteiger partial charge on any atom is -0.478 e. The SMILES string of the molecule is O=C(O)c1ccc2nnn(Cc3ccoc3)c2c1. The number of benzene rings is 1. The van der Waals surface area contributed by atoms with Gasteiger partial charge in [-0.25, -0.2) is 9.48 Å². The van der Waals surface area contributed by atoms with E-state index in [4.69, 9.17) is 9.52 Å². The molecule has 0 aliphatic rings. The molecule has 90 valence electrons. The van der Waals surface area contributed by atoms with Crippen LogP contribution in [0.3, 0.4) is 0 Å². The second-order valence-corrected chi connectivity index (χ2v) is 3.89. The molecule has 2 aromatic heterocycles. The lowest BCUT2D eigenvalue weighted by Crippen LogP contribution is -2.02. The van der Waals surface area contributed by atoms with E-state index in [2.05, 4.69) is 10.3 Å². The molecule has 0 aliphatic heterocycles. The Morgan fingerprint density at radius 3 is 3.00 bits per heavy atom. The first-order valence-electron chi connectivity index (χ1n) is 5.31. The number of hydrogen-bond donors (Lipinski definition) is 1. The highest BCUT2D eigenvalue weighted by molar-refractivity contribution is 5.92. The van der Waals surface area contributed by atoms with Crippen molar-refractivity contribution in [1.29, 1.82) is 0 Å². The molecule has 0 fully saturated rings. The van der Waals surface area contributed by atoms with Gasteiger partial charge in [-0.05, 0) is 24.3 Å². The lowest BCUT2D eigenvalue weighted by Gasteiger charge is -2.00. The molecule has 18 heavy (non-hydrogen) atoms. The van der Waals surface area contributed by atoms with Crippen LogP contribution in [0.4, 0.5) is 0 Å². The summed E-state index contributed by atoms with van der Waals surface area (Å²) in [6.07, 6.45) is 3.20. The molecule has 3 aromatic rings. The van der Waals surface area contributed by atoms with Crippen LogP contribution in [0, 0.1) is 0 Å². The quantitative estimate of drug-likeness (QED) is 0.758. The van der Waals surface area contributed by atoms with Gasteiger partial charge in [-0.1, -0.05) is 5.21 Å². The molecule has 6 heteroatoms. The Balaban J connectivity index is 2.06. The first kappa shape index (κ1) is 10.5. The van der Waals surface area contributed by atoms with Gasteiger partial charge >= 0.3 is 5.97 Å². The maximum Gasteiger partial charge on any atom is 0.335 e. The van der Waals surface area contributed by atoms with Gasteiger partial charge < -0.3 is 9.52 Å². The molecule has 1 N–H and O–H groups in total. The number of carbonyl (C=O) groups is 1. The van der Waals surface area contributed by atoms with Gasteiger partial charge in [0.1, 0.15) is 5.52 Å². The van der Waals surface area contributed by atoms with Crippen LogP contribution in [-0.4, -0.2) is 26.1 Å². The highest BCUT2D eigenvalue weighted by atomic mass is 16.4. The van der Waals surface area contributed by atoms with Crippen LogP contribution in [0.1, 0.15) is 15.9 Å². The van der Waals surface area contributed by atoms with E-state index < -0.39 is 5.97 Å². The number of aromatic nitrogens is 3. The number of nitrogens with zero attached hydrogens (tertiary/aromatic N) is 3. The topological polar surface area (TPSA) is 81.1 Å². The number of aromatic carboxylic acids is 1. The third kappa shape index (κ3) is 1.73. The van der Waals surface area contributed by atoms with E-state index in [0.29, 0.717) is 17.6 Å². The number of carboxylic acid groups (broad SMARTS) is 1. The Labute approximate surface area is 101 Å². The van der Waals surface area contributed by atoms with E-state index >= 15 is 0 Å². The molecule has 0 aliphatic carbocycles. The lowest BCUT2D eigenvalue weighted by molar-refractivity contribution is 0.0697. The number of furan rings is 1. The molecule has 1 aromatic carbocycles. The van der Waals surface area contributed by atoms with Crippen molar-refractivity contribution in [2.45, 2.75) is 6.54 Å². The van der Waals surface area contributed by atoms with E-state index in [1.54, 1.807) is 29.3 Å². The minimum atomic E-state index is -0.965. The van der Waals surface area contributed by atoms with Crippen molar-refractivity contribution in [1.82, 2.24) is 15.0 Å². The van der Waals surface area contributed by atoms with Crippen LogP contribution in [0.25, 0.3) is 11.0 Å². The van der Waals surface area contributed by atoms with Crippen LogP contribution < -0.4 is 0 Å². The first-order valence-corrected chi connectivity index (χ1v) is 5.31. The van der Waals surface area contributed by atoms with Crippen molar-refractivity contribution in [3.8, 4) is 0 Å². The highest BCUT2D eigenvalue weighted by Gasteiger charge is 2.09. The zero-order valence-electron chi connectivity index (χ0n) is 9.28. The monoisotopic (exact) mass is 243 g/mol. The van der Waals surface area contributed by atoms with Crippen LogP contribution in [-0.2, 0) is 6.54 Å². The molecule has 6 nitrogen and oxygen atoms in total. The predicted octanol–water partition coefficient (Wildman–Crippen LogP) is 1.77. The second kappa shape index (κ2) is 3.99. The Morgan fingerprint density at radius 2 is 2.28 bits per heavy atom. The number of carboxylic acids is 1. The molecule has 0 bridgehead atoms. The molecule has 0 saturated carbocycles. The van der Waals surface area contributed by atoms with E-state index in [9.17, 15) is 4.79 Å². The number of hydrogen-bond acceptors (Lipinski definition) is 4. The number of rotatable bonds is 3. The summed E-state index contributed by atoms with van der Waals surface area (Å²) >= 11 is 0. The van der Waals surface area contributed by atoms with Gasteiger partial charge in [0.25, 0.3) is 0 Å². The summed E-state index contributed by atoms with van der Waals surface area (Å²) in [5, 5.41) is 17.0. The fraction of sp³-hybridized carbons (Fsp3) is 0.0833. The van der Waals surface area contributed by atoms with Gasteiger partial charge in [0.2, 0.25) is 0 Å². The fourth-order valence-corrected chi connectivity index (χ4v) is 1.77. The summed E-state index contributed by atoms with van der Waals surface area (Å²) in [7, 11) is 0. The molecule has 0 saturated heterocycles. The normalized spacial score (nSPS) is 10.9. The molecule has 0 radical (unpaired) electrons. The van der Waals surface area contributed by atoms with E-state index in [0.717, 1.165) is 5.56 Å². The van der Waals surface area contributed by atoms with Gasteiger partial charge in [0, 0.05) is 5.56 Å². The van der Waals surface area contributed by atoms with Crippen molar-refractivity contribution < 1.29 is 14.3 Å². The molecular weight excluding hydrogens is 234 g/mol. The largest absolute Gasteiger partial charge is 0.478 e. The maximum absolute atomic E-state index is 10.9. The summed E-state index contributed by atoms with van der Waals surface area (Å²) in [5.41, 5.74) is 2.53. The summed E-state index contributed by atoms with van der Waals surface area (Å²) < 4.78 is 6.63. The summed E-state index contributed by atoms with van der Waals surface area (Å²) in [4.78, 5) is 10.9. The van der Waals surface area contributed by atoms with Crippen molar-refractivity contribution >= 4 is 17.0 Å². The van der Waals surface area contributed by atoms with Gasteiger partial charge in [-0.2, -0.15) is 0 Å². The van der Waals surface area contributed by atoms with Crippen LogP contribution in [0.5, 0.6) is 0 Å². The Hall–Kier alpha value is -2.63. The average molecular weight is 243 g/mol. The molecular formula is C12H9N3O3. The van der Waals surface area contributed by atoms with Crippen LogP contribution in [0.15, 0.2) is 41.2 Å². The van der Waals surface area contributed by atoms with E-state index in [1.165, 1.54) is 6.07 Å². The van der Waals surface area contributed by atoms with Crippen LogP contribution >= 0.6 is 0 Å². The fourth-order valence-electron chi connectivity index (χ4n) is 1.77. The molecule has 0 atom stereocenters. The second-order valence-electron chi connectivity index (χ2n) is 3.89. The molecule has 0 unspecified atom stereocenters. The van der Waals surface area contributed by atoms with E-state index in [1.807, 2.05) is 6.07 Å². The molecule has 0 amide bonds. The van der Waals surface area contributed by atoms with Crippen molar-refractivity contribution in [2.24, 2.45) is 0 Å². The maximum atomic E-state index is 10.9. The standard InChI is InChI=1S/C12H9N3O3/c16-12(17)9-1-2-10-11(5-9)15(14-13-10)6-8-3-4-18-7-8/h1-5,7H,6H2,(H,16,17). The first-order chi connectivity index (χ1) is 8.74. The Morgan fingerprint density at radius 1 is 1.39 bits per heavy atom. The third-order valence-electron chi connectivity index (χ3n) is 2.67. The summed E-state index contributed by atoms with van der Waals surface area (Å²) in [6, 6.07) is 6.56. The summed E-state index contributed by atoms with van der Waals surface area (Å²) in [6.45, 7) is 0.496. The smallest absolute Gasteiger partial charge is 0.335 e. The lowest BCUT2D eigenvalue weighted by atomic mass is 10.2. The molecule has 2 heterocycles. The third-order valence-corrected chi connectivity index (χ3v) is 2.67. The van der Waals surface area contributed by atoms with Gasteiger partial charge in [0.15, 0.2) is 0 Å². The average Bonchev–Trinajstić information content (AvgIpc) is 2.99. The van der Waals surface area contributed by atoms with E-state index in [-0.39, 0.29) is 5.56 Å². The Bertz CT molecular complexity index is 701. The van der Waals surface area contributed by atoms with Gasteiger partial charge in [-0.3, -0.25) is 0 Å². The van der Waals surface area contributed by atoms with Gasteiger partial charge in [-0.15, -0.1) is 5.10 Å². The predicted molar refractivity (Wildman–Crippen MR) is 62.3 cm³/mol. The zero-order chi connectivity index (χ0) is 12.5. The molecule has 3 rings (SSSR count). The van der Waals surface area contributed by atoms with Gasteiger partial charge in [0.05, 0.1) is 30.2 Å². The minimum absolute atomic E-state index is 0.221. The number of fused-ring (bicyclic) bond motifs is 1. The zero-order valence-corrected chi connectivity index (χ0v) is 9.28. The van der Waals surface area contributed by atoms with Crippen LogP contribution in [0.2, 0.25) is 0 Å². The van der Waals surface area contributed by atoms with Crippen molar-refractivity contribution in [2.75, 3.05) is 0 Å². The summed E-state index contributed by atoms with van der Waals surface area (Å²) in [5.74, 6) is -0.965.